The summed E-state index contributed by atoms with van der Waals surface area (Å²) in [6, 6.07) is 7.63. The molecular weight excluding hydrogens is 280 g/mol. The van der Waals surface area contributed by atoms with Gasteiger partial charge in [-0.05, 0) is 6.92 Å². The van der Waals surface area contributed by atoms with Crippen molar-refractivity contribution in [2.24, 2.45) is 0 Å². The first kappa shape index (κ1) is 13.6. The fourth-order valence-electron chi connectivity index (χ4n) is 1.52. The van der Waals surface area contributed by atoms with Gasteiger partial charge in [-0.1, -0.05) is 29.8 Å². The van der Waals surface area contributed by atoms with Crippen molar-refractivity contribution in [3.8, 4) is 0 Å². The van der Waals surface area contributed by atoms with E-state index < -0.39 is 0 Å². The van der Waals surface area contributed by atoms with Crippen molar-refractivity contribution in [2.45, 2.75) is 6.92 Å². The van der Waals surface area contributed by atoms with E-state index in [0.29, 0.717) is 6.54 Å². The molecule has 1 aliphatic heterocycles. The number of carbonyl (C=O) groups is 1. The van der Waals surface area contributed by atoms with Crippen LogP contribution in [0.2, 0.25) is 0 Å². The smallest absolute Gasteiger partial charge is 0.564 e. The number of halogens is 1. The Labute approximate surface area is 112 Å². The molecule has 0 unspecified atom stereocenters. The Morgan fingerprint density at radius 1 is 1.24 bits per heavy atom. The van der Waals surface area contributed by atoms with Gasteiger partial charge in [-0.15, -0.1) is 9.80 Å². The minimum absolute atomic E-state index is 0. The van der Waals surface area contributed by atoms with Crippen LogP contribution in [-0.4, -0.2) is 29.2 Å². The van der Waals surface area contributed by atoms with Crippen LogP contribution in [0.3, 0.4) is 0 Å². The highest BCUT2D eigenvalue weighted by Gasteiger charge is 2.29. The molecule has 17 heavy (non-hydrogen) atoms. The van der Waals surface area contributed by atoms with Gasteiger partial charge in [0.2, 0.25) is 0 Å². The molecule has 1 radical (unpaired) electrons. The third kappa shape index (κ3) is 3.53. The Bertz CT molecular complexity index is 414. The van der Waals surface area contributed by atoms with Crippen molar-refractivity contribution in [2.75, 3.05) is 13.6 Å². The second kappa shape index (κ2) is 5.77. The molecule has 0 saturated carbocycles. The quantitative estimate of drug-likeness (QED) is 0.522. The maximum atomic E-state index is 11.9. The van der Waals surface area contributed by atoms with Gasteiger partial charge in [-0.3, -0.25) is 4.79 Å². The predicted octanol–water partition coefficient (Wildman–Crippen LogP) is -1.10. The lowest BCUT2D eigenvalue weighted by Crippen LogP contribution is -3.00. The van der Waals surface area contributed by atoms with Gasteiger partial charge >= 0.3 is 6.67 Å². The molecule has 0 fully saturated rings. The van der Waals surface area contributed by atoms with E-state index in [0.717, 1.165) is 11.1 Å². The number of ketones is 1. The molecule has 2 rings (SSSR count). The van der Waals surface area contributed by atoms with Crippen LogP contribution < -0.4 is 17.0 Å². The van der Waals surface area contributed by atoms with E-state index in [-0.39, 0.29) is 22.8 Å². The fraction of sp³-hybridized carbons (Fsp3) is 0.231. The van der Waals surface area contributed by atoms with Gasteiger partial charge in [-0.2, -0.15) is 0 Å². The van der Waals surface area contributed by atoms with E-state index in [1.807, 2.05) is 50.6 Å². The zero-order valence-corrected chi connectivity index (χ0v) is 11.4. The van der Waals surface area contributed by atoms with Crippen molar-refractivity contribution in [3.63, 3.8) is 0 Å². The Balaban J connectivity index is 0.00000144. The molecule has 1 heterocycles. The first-order valence-corrected chi connectivity index (χ1v) is 5.19. The molecule has 0 saturated heterocycles. The molecule has 1 aliphatic rings. The highest BCUT2D eigenvalue weighted by Crippen LogP contribution is 2.11. The van der Waals surface area contributed by atoms with Gasteiger partial charge in [0, 0.05) is 5.56 Å². The Morgan fingerprint density at radius 3 is 2.41 bits per heavy atom. The first-order valence-electron chi connectivity index (χ1n) is 5.19. The van der Waals surface area contributed by atoms with Crippen LogP contribution in [0.4, 0.5) is 0 Å². The van der Waals surface area contributed by atoms with Crippen LogP contribution >= 0.6 is 0 Å². The maximum absolute atomic E-state index is 11.9. The molecule has 0 atom stereocenters. The SMILES string of the molecule is Cc1ccc(C(=O)CN2[C+]N(C)C=C2)cc1.[Br-]. The van der Waals surface area contributed by atoms with Crippen molar-refractivity contribution in [1.82, 2.24) is 9.80 Å². The topological polar surface area (TPSA) is 23.6 Å². The Morgan fingerprint density at radius 2 is 1.88 bits per heavy atom. The lowest BCUT2D eigenvalue weighted by Gasteiger charge is -2.03. The van der Waals surface area contributed by atoms with E-state index >= 15 is 0 Å². The summed E-state index contributed by atoms with van der Waals surface area (Å²) in [6.45, 7) is 5.35. The molecule has 89 valence electrons. The van der Waals surface area contributed by atoms with Gasteiger partial charge in [0.1, 0.15) is 6.54 Å². The molecule has 0 aliphatic carbocycles. The number of aryl methyl sites for hydroxylation is 1. The second-order valence-corrected chi connectivity index (χ2v) is 3.93. The molecule has 0 amide bonds. The summed E-state index contributed by atoms with van der Waals surface area (Å²) in [5, 5.41) is 0. The monoisotopic (exact) mass is 293 g/mol. The van der Waals surface area contributed by atoms with E-state index in [9.17, 15) is 4.79 Å². The maximum Gasteiger partial charge on any atom is 0.564 e. The molecule has 4 heteroatoms. The van der Waals surface area contributed by atoms with Gasteiger partial charge < -0.3 is 17.0 Å². The molecule has 0 bridgehead atoms. The average molecular weight is 294 g/mol. The highest BCUT2D eigenvalue weighted by atomic mass is 79.9. The summed E-state index contributed by atoms with van der Waals surface area (Å²) in [5.41, 5.74) is 1.91. The second-order valence-electron chi connectivity index (χ2n) is 3.93. The summed E-state index contributed by atoms with van der Waals surface area (Å²) >= 11 is 0. The third-order valence-corrected chi connectivity index (χ3v) is 2.44. The predicted molar refractivity (Wildman–Crippen MR) is 62.4 cm³/mol. The summed E-state index contributed by atoms with van der Waals surface area (Å²) in [4.78, 5) is 15.4. The largest absolute Gasteiger partial charge is 1.00 e. The summed E-state index contributed by atoms with van der Waals surface area (Å²) in [5.74, 6) is 0.104. The minimum Gasteiger partial charge on any atom is -1.00 e. The van der Waals surface area contributed by atoms with Crippen LogP contribution in [0.25, 0.3) is 0 Å². The van der Waals surface area contributed by atoms with E-state index in [1.165, 1.54) is 0 Å². The number of rotatable bonds is 3. The number of Topliss-reactive ketones (excluding diaryl/α,β-unsaturated/α-hetero) is 1. The molecule has 0 aromatic heterocycles. The van der Waals surface area contributed by atoms with Gasteiger partial charge in [-0.25, -0.2) is 0 Å². The van der Waals surface area contributed by atoms with Crippen molar-refractivity contribution >= 4 is 5.78 Å². The van der Waals surface area contributed by atoms with Gasteiger partial charge in [0.05, 0.1) is 19.4 Å². The zero-order chi connectivity index (χ0) is 11.5. The van der Waals surface area contributed by atoms with Gasteiger partial charge in [0.15, 0.2) is 5.78 Å². The average Bonchev–Trinajstić information content (AvgIpc) is 2.65. The Hall–Kier alpha value is -1.42. The van der Waals surface area contributed by atoms with Crippen molar-refractivity contribution in [3.05, 3.63) is 54.5 Å². The van der Waals surface area contributed by atoms with E-state index in [2.05, 4.69) is 6.67 Å². The number of nitrogens with zero attached hydrogens (tertiary/aromatic N) is 2. The lowest BCUT2D eigenvalue weighted by molar-refractivity contribution is -0.0000113. The summed E-state index contributed by atoms with van der Waals surface area (Å²) < 4.78 is 0. The van der Waals surface area contributed by atoms with Crippen LogP contribution in [0.5, 0.6) is 0 Å². The number of carbonyl (C=O) groups excluding carboxylic acids is 1. The molecule has 0 N–H and O–H groups in total. The fourth-order valence-corrected chi connectivity index (χ4v) is 1.52. The normalized spacial score (nSPS) is 13.3. The zero-order valence-electron chi connectivity index (χ0n) is 9.85. The highest BCUT2D eigenvalue weighted by molar-refractivity contribution is 5.97. The lowest BCUT2D eigenvalue weighted by atomic mass is 10.1. The summed E-state index contributed by atoms with van der Waals surface area (Å²) in [7, 11) is 1.88. The number of hydrogen-bond donors (Lipinski definition) is 0. The standard InChI is InChI=1S/C13H14N2O.BrH/c1-11-3-5-12(6-4-11)13(16)9-15-8-7-14(2)10-15;/h3-8H,9H2,1-2H3;1H/q+1;/p-1. The number of benzene rings is 1. The van der Waals surface area contributed by atoms with Gasteiger partial charge in [0.25, 0.3) is 0 Å². The van der Waals surface area contributed by atoms with E-state index in [4.69, 9.17) is 0 Å². The molecule has 0 spiro atoms. The van der Waals surface area contributed by atoms with Crippen LogP contribution in [0, 0.1) is 13.6 Å². The van der Waals surface area contributed by atoms with Crippen molar-refractivity contribution < 1.29 is 21.8 Å². The van der Waals surface area contributed by atoms with E-state index in [1.54, 1.807) is 9.80 Å². The molecule has 3 nitrogen and oxygen atoms in total. The summed E-state index contributed by atoms with van der Waals surface area (Å²) in [6.07, 6.45) is 3.70. The van der Waals surface area contributed by atoms with Crippen molar-refractivity contribution in [1.29, 1.82) is 0 Å². The van der Waals surface area contributed by atoms with Crippen LogP contribution in [0.1, 0.15) is 15.9 Å². The Kier molecular flexibility index (Phi) is 4.63. The molecule has 1 aromatic rings. The first-order chi connectivity index (χ1) is 7.65. The van der Waals surface area contributed by atoms with Crippen LogP contribution in [0.15, 0.2) is 36.7 Å². The number of hydrogen-bond acceptors (Lipinski definition) is 3. The molecular formula is C13H14BrN2O. The third-order valence-electron chi connectivity index (χ3n) is 2.44. The molecule has 1 aromatic carbocycles. The van der Waals surface area contributed by atoms with Crippen LogP contribution in [-0.2, 0) is 0 Å². The minimum atomic E-state index is 0.